The van der Waals surface area contributed by atoms with Crippen molar-refractivity contribution in [2.75, 3.05) is 6.61 Å². The van der Waals surface area contributed by atoms with Crippen molar-refractivity contribution in [3.8, 4) is 0 Å². The average Bonchev–Trinajstić information content (AvgIpc) is 2.65. The SMILES string of the molecule is CC1(C)OC(=O)CCC2(C)C3CCC4CC3(CCC12)CC4(O)CO. The lowest BCUT2D eigenvalue weighted by atomic mass is 9.45. The monoisotopic (exact) mass is 336 g/mol. The summed E-state index contributed by atoms with van der Waals surface area (Å²) in [5.74, 6) is 1.09. The highest BCUT2D eigenvalue weighted by atomic mass is 16.6. The van der Waals surface area contributed by atoms with Crippen LogP contribution in [0.25, 0.3) is 0 Å². The summed E-state index contributed by atoms with van der Waals surface area (Å²) in [6, 6.07) is 0. The molecule has 1 heterocycles. The molecule has 4 heteroatoms. The number of hydrogen-bond donors (Lipinski definition) is 2. The van der Waals surface area contributed by atoms with Gasteiger partial charge in [-0.15, -0.1) is 0 Å². The van der Waals surface area contributed by atoms with E-state index in [1.165, 1.54) is 0 Å². The predicted molar refractivity (Wildman–Crippen MR) is 90.2 cm³/mol. The summed E-state index contributed by atoms with van der Waals surface area (Å²) in [6.45, 7) is 6.44. The van der Waals surface area contributed by atoms with E-state index in [0.29, 0.717) is 18.3 Å². The van der Waals surface area contributed by atoms with Crippen molar-refractivity contribution in [2.45, 2.75) is 83.3 Å². The Morgan fingerprint density at radius 1 is 1.12 bits per heavy atom. The molecule has 4 nitrogen and oxygen atoms in total. The van der Waals surface area contributed by atoms with Crippen molar-refractivity contribution in [3.63, 3.8) is 0 Å². The van der Waals surface area contributed by atoms with E-state index in [9.17, 15) is 15.0 Å². The number of cyclic esters (lactones) is 1. The fourth-order valence-corrected chi connectivity index (χ4v) is 7.68. The van der Waals surface area contributed by atoms with Gasteiger partial charge in [0.25, 0.3) is 0 Å². The normalized spacial score (nSPS) is 52.9. The molecule has 4 aliphatic rings. The summed E-state index contributed by atoms with van der Waals surface area (Å²) in [5, 5.41) is 20.8. The molecule has 0 radical (unpaired) electrons. The molecule has 0 aromatic carbocycles. The third kappa shape index (κ3) is 2.08. The fraction of sp³-hybridized carbons (Fsp3) is 0.950. The third-order valence-corrected chi connectivity index (χ3v) is 8.49. The molecular formula is C20H32O4. The Kier molecular flexibility index (Phi) is 3.49. The number of hydrogen-bond acceptors (Lipinski definition) is 4. The number of aliphatic hydroxyl groups is 2. The molecule has 4 rings (SSSR count). The molecule has 1 spiro atoms. The Morgan fingerprint density at radius 2 is 1.88 bits per heavy atom. The molecule has 1 saturated heterocycles. The number of ether oxygens (including phenoxy) is 1. The molecule has 6 atom stereocenters. The van der Waals surface area contributed by atoms with Gasteiger partial charge in [0.2, 0.25) is 0 Å². The molecule has 0 amide bonds. The minimum Gasteiger partial charge on any atom is -0.459 e. The largest absolute Gasteiger partial charge is 0.459 e. The quantitative estimate of drug-likeness (QED) is 0.722. The van der Waals surface area contributed by atoms with E-state index >= 15 is 0 Å². The number of aliphatic hydroxyl groups excluding tert-OH is 1. The van der Waals surface area contributed by atoms with Gasteiger partial charge in [0.05, 0.1) is 12.2 Å². The minimum atomic E-state index is -0.884. The van der Waals surface area contributed by atoms with Crippen molar-refractivity contribution < 1.29 is 19.7 Å². The average molecular weight is 336 g/mol. The smallest absolute Gasteiger partial charge is 0.306 e. The van der Waals surface area contributed by atoms with Gasteiger partial charge in [-0.3, -0.25) is 4.79 Å². The lowest BCUT2D eigenvalue weighted by Gasteiger charge is -2.60. The van der Waals surface area contributed by atoms with Crippen LogP contribution in [-0.2, 0) is 9.53 Å². The summed E-state index contributed by atoms with van der Waals surface area (Å²) >= 11 is 0. The maximum Gasteiger partial charge on any atom is 0.306 e. The van der Waals surface area contributed by atoms with E-state index < -0.39 is 11.2 Å². The Hall–Kier alpha value is -0.610. The van der Waals surface area contributed by atoms with Gasteiger partial charge in [-0.1, -0.05) is 6.92 Å². The number of fused-ring (bicyclic) bond motifs is 3. The molecule has 24 heavy (non-hydrogen) atoms. The zero-order chi connectivity index (χ0) is 17.4. The molecule has 6 unspecified atom stereocenters. The first-order valence-corrected chi connectivity index (χ1v) is 9.70. The van der Waals surface area contributed by atoms with Crippen molar-refractivity contribution in [3.05, 3.63) is 0 Å². The van der Waals surface area contributed by atoms with Crippen LogP contribution in [0.3, 0.4) is 0 Å². The summed E-state index contributed by atoms with van der Waals surface area (Å²) < 4.78 is 5.82. The van der Waals surface area contributed by atoms with Crippen molar-refractivity contribution in [1.29, 1.82) is 0 Å². The summed E-state index contributed by atoms with van der Waals surface area (Å²) in [7, 11) is 0. The van der Waals surface area contributed by atoms with E-state index in [2.05, 4.69) is 20.8 Å². The van der Waals surface area contributed by atoms with E-state index in [4.69, 9.17) is 4.74 Å². The van der Waals surface area contributed by atoms with Crippen LogP contribution >= 0.6 is 0 Å². The van der Waals surface area contributed by atoms with Gasteiger partial charge in [-0.25, -0.2) is 0 Å². The lowest BCUT2D eigenvalue weighted by Crippen LogP contribution is -2.55. The second-order valence-corrected chi connectivity index (χ2v) is 10.0. The molecule has 3 saturated carbocycles. The van der Waals surface area contributed by atoms with E-state index in [-0.39, 0.29) is 29.3 Å². The molecule has 0 aromatic heterocycles. The maximum atomic E-state index is 12.2. The second-order valence-electron chi connectivity index (χ2n) is 10.0. The summed E-state index contributed by atoms with van der Waals surface area (Å²) in [6.07, 6.45) is 7.46. The van der Waals surface area contributed by atoms with Crippen LogP contribution in [-0.4, -0.2) is 34.0 Å². The van der Waals surface area contributed by atoms with Crippen LogP contribution in [0.1, 0.15) is 72.1 Å². The van der Waals surface area contributed by atoms with Gasteiger partial charge < -0.3 is 14.9 Å². The van der Waals surface area contributed by atoms with Crippen LogP contribution in [0.15, 0.2) is 0 Å². The van der Waals surface area contributed by atoms with Gasteiger partial charge in [-0.2, -0.15) is 0 Å². The van der Waals surface area contributed by atoms with Crippen molar-refractivity contribution in [2.24, 2.45) is 28.6 Å². The molecule has 136 valence electrons. The first kappa shape index (κ1) is 16.8. The van der Waals surface area contributed by atoms with Crippen LogP contribution in [0.2, 0.25) is 0 Å². The molecule has 3 aliphatic carbocycles. The van der Waals surface area contributed by atoms with Gasteiger partial charge in [-0.05, 0) is 81.5 Å². The predicted octanol–water partition coefficient (Wildman–Crippen LogP) is 3.05. The zero-order valence-corrected chi connectivity index (χ0v) is 15.3. The highest BCUT2D eigenvalue weighted by Gasteiger charge is 2.67. The number of carbonyl (C=O) groups is 1. The van der Waals surface area contributed by atoms with Crippen molar-refractivity contribution >= 4 is 5.97 Å². The van der Waals surface area contributed by atoms with Crippen LogP contribution in [0, 0.1) is 28.6 Å². The standard InChI is InChI=1S/C20H32O4/c1-17(2)14-6-9-19-10-13(20(23,11-19)12-21)4-5-15(19)18(14,3)8-7-16(22)24-17/h13-15,21,23H,4-12H2,1-3H3. The molecule has 1 aliphatic heterocycles. The number of esters is 1. The van der Waals surface area contributed by atoms with Crippen LogP contribution in [0.4, 0.5) is 0 Å². The van der Waals surface area contributed by atoms with E-state index in [1.807, 2.05) is 0 Å². The van der Waals surface area contributed by atoms with Crippen LogP contribution in [0.5, 0.6) is 0 Å². The first-order valence-electron chi connectivity index (χ1n) is 9.70. The molecule has 0 aromatic rings. The van der Waals surface area contributed by atoms with Crippen LogP contribution < -0.4 is 0 Å². The Balaban J connectivity index is 1.74. The Labute approximate surface area is 145 Å². The molecule has 2 N–H and O–H groups in total. The summed E-state index contributed by atoms with van der Waals surface area (Å²) in [5.41, 5.74) is -1.06. The molecule has 2 bridgehead atoms. The highest BCUT2D eigenvalue weighted by Crippen LogP contribution is 2.71. The maximum absolute atomic E-state index is 12.2. The highest BCUT2D eigenvalue weighted by molar-refractivity contribution is 5.70. The molecular weight excluding hydrogens is 304 g/mol. The fourth-order valence-electron chi connectivity index (χ4n) is 7.68. The lowest BCUT2D eigenvalue weighted by molar-refractivity contribution is -0.173. The van der Waals surface area contributed by atoms with Gasteiger partial charge in [0.1, 0.15) is 5.60 Å². The second kappa shape index (κ2) is 4.97. The van der Waals surface area contributed by atoms with E-state index in [1.54, 1.807) is 0 Å². The summed E-state index contributed by atoms with van der Waals surface area (Å²) in [4.78, 5) is 12.2. The topological polar surface area (TPSA) is 66.8 Å². The zero-order valence-electron chi connectivity index (χ0n) is 15.3. The Bertz CT molecular complexity index is 558. The van der Waals surface area contributed by atoms with Gasteiger partial charge in [0.15, 0.2) is 0 Å². The molecule has 4 fully saturated rings. The van der Waals surface area contributed by atoms with Gasteiger partial charge >= 0.3 is 5.97 Å². The number of carbonyl (C=O) groups excluding carboxylic acids is 1. The van der Waals surface area contributed by atoms with Gasteiger partial charge in [0, 0.05) is 12.3 Å². The van der Waals surface area contributed by atoms with E-state index in [0.717, 1.165) is 44.9 Å². The number of rotatable bonds is 1. The van der Waals surface area contributed by atoms with Crippen molar-refractivity contribution in [1.82, 2.24) is 0 Å². The minimum absolute atomic E-state index is 0.0587. The third-order valence-electron chi connectivity index (χ3n) is 8.49. The first-order chi connectivity index (χ1) is 11.2. The Morgan fingerprint density at radius 3 is 2.58 bits per heavy atom.